The van der Waals surface area contributed by atoms with Crippen LogP contribution in [-0.4, -0.2) is 20.1 Å². The lowest BCUT2D eigenvalue weighted by Gasteiger charge is -2.21. The minimum Gasteiger partial charge on any atom is -0.496 e. The van der Waals surface area contributed by atoms with Gasteiger partial charge in [0.05, 0.1) is 19.8 Å². The summed E-state index contributed by atoms with van der Waals surface area (Å²) in [6.45, 7) is 0. The van der Waals surface area contributed by atoms with Gasteiger partial charge in [-0.3, -0.25) is 4.79 Å². The van der Waals surface area contributed by atoms with E-state index in [0.29, 0.717) is 17.1 Å². The molecule has 0 aromatic heterocycles. The second kappa shape index (κ2) is 6.37. The zero-order chi connectivity index (χ0) is 18.1. The van der Waals surface area contributed by atoms with Crippen LogP contribution in [0.15, 0.2) is 60.7 Å². The van der Waals surface area contributed by atoms with Gasteiger partial charge in [0.25, 0.3) is 5.91 Å². The van der Waals surface area contributed by atoms with E-state index in [1.54, 1.807) is 26.4 Å². The Bertz CT molecular complexity index is 949. The van der Waals surface area contributed by atoms with Crippen LogP contribution in [0.5, 0.6) is 11.5 Å². The predicted molar refractivity (Wildman–Crippen MR) is 102 cm³/mol. The molecule has 0 radical (unpaired) electrons. The summed E-state index contributed by atoms with van der Waals surface area (Å²) in [6, 6.07) is 19.9. The Kier molecular flexibility index (Phi) is 4.03. The standard InChI is InChI=1S/C22H21NO3/c1-25-18-11-6-12-19(26-2)20(18)21(24)23-22(13-14-22)17-10-5-8-15-7-3-4-9-16(15)17/h3-12H,13-14H2,1-2H3,(H,23,24). The molecular formula is C22H21NO3. The maximum absolute atomic E-state index is 13.1. The van der Waals surface area contributed by atoms with E-state index in [-0.39, 0.29) is 11.4 Å². The first-order valence-electron chi connectivity index (χ1n) is 8.70. The maximum Gasteiger partial charge on any atom is 0.259 e. The number of rotatable bonds is 5. The van der Waals surface area contributed by atoms with Gasteiger partial charge in [-0.1, -0.05) is 48.5 Å². The lowest BCUT2D eigenvalue weighted by Crippen LogP contribution is -2.35. The summed E-state index contributed by atoms with van der Waals surface area (Å²) in [5.41, 5.74) is 1.27. The van der Waals surface area contributed by atoms with E-state index in [2.05, 4.69) is 29.6 Å². The van der Waals surface area contributed by atoms with Crippen molar-refractivity contribution in [3.05, 3.63) is 71.8 Å². The Labute approximate surface area is 152 Å². The van der Waals surface area contributed by atoms with Crippen molar-refractivity contribution in [2.75, 3.05) is 14.2 Å². The summed E-state index contributed by atoms with van der Waals surface area (Å²) in [6.07, 6.45) is 1.84. The molecule has 1 aliphatic rings. The largest absolute Gasteiger partial charge is 0.496 e. The SMILES string of the molecule is COc1cccc(OC)c1C(=O)NC1(c2cccc3ccccc23)CC1. The molecule has 3 aromatic carbocycles. The average molecular weight is 347 g/mol. The molecule has 0 saturated heterocycles. The fraction of sp³-hybridized carbons (Fsp3) is 0.227. The molecular weight excluding hydrogens is 326 g/mol. The highest BCUT2D eigenvalue weighted by Gasteiger charge is 2.47. The van der Waals surface area contributed by atoms with E-state index in [1.807, 2.05) is 24.3 Å². The van der Waals surface area contributed by atoms with Crippen molar-refractivity contribution in [2.45, 2.75) is 18.4 Å². The minimum atomic E-state index is -0.330. The molecule has 3 aromatic rings. The molecule has 0 unspecified atom stereocenters. The van der Waals surface area contributed by atoms with Crippen LogP contribution < -0.4 is 14.8 Å². The van der Waals surface area contributed by atoms with Crippen LogP contribution >= 0.6 is 0 Å². The normalized spacial score (nSPS) is 14.7. The molecule has 4 heteroatoms. The van der Waals surface area contributed by atoms with Crippen LogP contribution in [0.3, 0.4) is 0 Å². The minimum absolute atomic E-state index is 0.176. The van der Waals surface area contributed by atoms with Gasteiger partial charge >= 0.3 is 0 Å². The van der Waals surface area contributed by atoms with Crippen molar-refractivity contribution in [2.24, 2.45) is 0 Å². The van der Waals surface area contributed by atoms with Crippen LogP contribution in [0.1, 0.15) is 28.8 Å². The number of methoxy groups -OCH3 is 2. The summed E-state index contributed by atoms with van der Waals surface area (Å²) in [5, 5.41) is 5.60. The number of carbonyl (C=O) groups is 1. The number of benzene rings is 3. The topological polar surface area (TPSA) is 47.6 Å². The van der Waals surface area contributed by atoms with E-state index in [9.17, 15) is 4.79 Å². The number of nitrogens with one attached hydrogen (secondary N) is 1. The van der Waals surface area contributed by atoms with E-state index in [4.69, 9.17) is 9.47 Å². The number of amides is 1. The van der Waals surface area contributed by atoms with Crippen molar-refractivity contribution in [1.82, 2.24) is 5.32 Å². The second-order valence-corrected chi connectivity index (χ2v) is 6.60. The molecule has 0 atom stereocenters. The molecule has 0 bridgehead atoms. The van der Waals surface area contributed by atoms with Gasteiger partial charge in [0.15, 0.2) is 0 Å². The Morgan fingerprint density at radius 1 is 0.885 bits per heavy atom. The first-order chi connectivity index (χ1) is 12.7. The van der Waals surface area contributed by atoms with Crippen LogP contribution in [0.4, 0.5) is 0 Å². The molecule has 1 aliphatic carbocycles. The van der Waals surface area contributed by atoms with E-state index < -0.39 is 0 Å². The molecule has 1 amide bonds. The summed E-state index contributed by atoms with van der Waals surface area (Å²) in [7, 11) is 3.12. The highest BCUT2D eigenvalue weighted by Crippen LogP contribution is 2.48. The summed E-state index contributed by atoms with van der Waals surface area (Å²) in [4.78, 5) is 13.1. The van der Waals surface area contributed by atoms with E-state index in [0.717, 1.165) is 18.4 Å². The van der Waals surface area contributed by atoms with Gasteiger partial charge in [0, 0.05) is 0 Å². The first-order valence-corrected chi connectivity index (χ1v) is 8.70. The second-order valence-electron chi connectivity index (χ2n) is 6.60. The van der Waals surface area contributed by atoms with Gasteiger partial charge in [0.2, 0.25) is 0 Å². The Morgan fingerprint density at radius 3 is 2.15 bits per heavy atom. The van der Waals surface area contributed by atoms with E-state index >= 15 is 0 Å². The van der Waals surface area contributed by atoms with Gasteiger partial charge in [-0.2, -0.15) is 0 Å². The van der Waals surface area contributed by atoms with Gasteiger partial charge in [-0.15, -0.1) is 0 Å². The molecule has 4 nitrogen and oxygen atoms in total. The zero-order valence-corrected chi connectivity index (χ0v) is 14.9. The molecule has 0 heterocycles. The quantitative estimate of drug-likeness (QED) is 0.749. The van der Waals surface area contributed by atoms with E-state index in [1.165, 1.54) is 10.8 Å². The lowest BCUT2D eigenvalue weighted by molar-refractivity contribution is 0.0925. The molecule has 1 saturated carbocycles. The Morgan fingerprint density at radius 2 is 1.50 bits per heavy atom. The average Bonchev–Trinajstić information content (AvgIpc) is 3.47. The van der Waals surface area contributed by atoms with Crippen molar-refractivity contribution in [1.29, 1.82) is 0 Å². The van der Waals surface area contributed by atoms with Crippen LogP contribution in [0.2, 0.25) is 0 Å². The van der Waals surface area contributed by atoms with Crippen LogP contribution in [-0.2, 0) is 5.54 Å². The molecule has 26 heavy (non-hydrogen) atoms. The molecule has 1 fully saturated rings. The fourth-order valence-electron chi connectivity index (χ4n) is 3.58. The summed E-state index contributed by atoms with van der Waals surface area (Å²) in [5.74, 6) is 0.843. The predicted octanol–water partition coefficient (Wildman–Crippen LogP) is 4.28. The summed E-state index contributed by atoms with van der Waals surface area (Å²) >= 11 is 0. The van der Waals surface area contributed by atoms with Crippen molar-refractivity contribution in [3.8, 4) is 11.5 Å². The first kappa shape index (κ1) is 16.5. The Balaban J connectivity index is 1.72. The highest BCUT2D eigenvalue weighted by molar-refractivity contribution is 6.01. The highest BCUT2D eigenvalue weighted by atomic mass is 16.5. The number of ether oxygens (including phenoxy) is 2. The van der Waals surface area contributed by atoms with Crippen molar-refractivity contribution < 1.29 is 14.3 Å². The smallest absolute Gasteiger partial charge is 0.259 e. The van der Waals surface area contributed by atoms with Gasteiger partial charge in [-0.25, -0.2) is 0 Å². The third kappa shape index (κ3) is 2.68. The Hall–Kier alpha value is -3.01. The fourth-order valence-corrected chi connectivity index (χ4v) is 3.58. The zero-order valence-electron chi connectivity index (χ0n) is 14.9. The van der Waals surface area contributed by atoms with Gasteiger partial charge < -0.3 is 14.8 Å². The third-order valence-electron chi connectivity index (χ3n) is 5.06. The van der Waals surface area contributed by atoms with Crippen molar-refractivity contribution >= 4 is 16.7 Å². The van der Waals surface area contributed by atoms with Crippen LogP contribution in [0.25, 0.3) is 10.8 Å². The van der Waals surface area contributed by atoms with Crippen LogP contribution in [0, 0.1) is 0 Å². The third-order valence-corrected chi connectivity index (χ3v) is 5.06. The number of fused-ring (bicyclic) bond motifs is 1. The maximum atomic E-state index is 13.1. The molecule has 0 spiro atoms. The molecule has 4 rings (SSSR count). The summed E-state index contributed by atoms with van der Waals surface area (Å²) < 4.78 is 10.8. The monoisotopic (exact) mass is 347 g/mol. The number of hydrogen-bond acceptors (Lipinski definition) is 3. The number of hydrogen-bond donors (Lipinski definition) is 1. The molecule has 1 N–H and O–H groups in total. The van der Waals surface area contributed by atoms with Crippen molar-refractivity contribution in [3.63, 3.8) is 0 Å². The van der Waals surface area contributed by atoms with Gasteiger partial charge in [-0.05, 0) is 41.3 Å². The lowest BCUT2D eigenvalue weighted by atomic mass is 9.96. The number of carbonyl (C=O) groups excluding carboxylic acids is 1. The molecule has 132 valence electrons. The van der Waals surface area contributed by atoms with Gasteiger partial charge in [0.1, 0.15) is 17.1 Å². The molecule has 0 aliphatic heterocycles.